The monoisotopic (exact) mass is 305 g/mol. The predicted octanol–water partition coefficient (Wildman–Crippen LogP) is 1.32. The topological polar surface area (TPSA) is 65.2 Å². The molecule has 0 aliphatic rings. The highest BCUT2D eigenvalue weighted by Crippen LogP contribution is 2.21. The van der Waals surface area contributed by atoms with Crippen LogP contribution in [0.3, 0.4) is 0 Å². The Hall–Kier alpha value is -1.37. The van der Waals surface area contributed by atoms with Crippen molar-refractivity contribution in [3.8, 4) is 0 Å². The van der Waals surface area contributed by atoms with E-state index in [1.807, 2.05) is 0 Å². The number of aromatic amines is 1. The summed E-state index contributed by atoms with van der Waals surface area (Å²) in [7, 11) is -1.16. The smallest absolute Gasteiger partial charge is 0.215 e. The van der Waals surface area contributed by atoms with Gasteiger partial charge in [-0.15, -0.1) is 0 Å². The number of H-pyrrole nitrogens is 1. The number of likely N-dealkylation sites (N-methyl/N-ethyl adjacent to an activating group) is 1. The highest BCUT2D eigenvalue weighted by molar-refractivity contribution is 7.88. The molecule has 20 heavy (non-hydrogen) atoms. The molecule has 0 bridgehead atoms. The summed E-state index contributed by atoms with van der Waals surface area (Å²) in [6.07, 6.45) is -3.01. The summed E-state index contributed by atoms with van der Waals surface area (Å²) < 4.78 is 106. The summed E-state index contributed by atoms with van der Waals surface area (Å²) in [4.78, 5) is 1.83. The lowest BCUT2D eigenvalue weighted by molar-refractivity contribution is 0.414. The first kappa shape index (κ1) is 6.60. The van der Waals surface area contributed by atoms with E-state index in [1.54, 1.807) is 14.1 Å². The average Bonchev–Trinajstić information content (AvgIpc) is 2.84. The molecule has 0 unspecified atom stereocenters. The number of fused-ring (bicyclic) bond motifs is 1. The van der Waals surface area contributed by atoms with E-state index in [2.05, 4.69) is 0 Å². The van der Waals surface area contributed by atoms with Gasteiger partial charge in [0.15, 0.2) is 1.41 Å². The molecule has 6 heteroatoms. The Morgan fingerprint density at radius 1 is 1.55 bits per heavy atom. The Labute approximate surface area is 134 Å². The number of nitrogens with zero attached hydrogens (tertiary/aromatic N) is 1. The van der Waals surface area contributed by atoms with Crippen LogP contribution in [0.1, 0.15) is 22.1 Å². The van der Waals surface area contributed by atoms with Crippen LogP contribution in [0.5, 0.6) is 0 Å². The summed E-state index contributed by atoms with van der Waals surface area (Å²) in [6.45, 7) is -0.274. The summed E-state index contributed by atoms with van der Waals surface area (Å²) in [5.74, 6) is 0. The molecule has 2 aromatic rings. The SMILES string of the molecule is [2H]c1c(C([2H])([2H])S(=O)(=O)N([2H])C)c([2H])c2c(C([2H])([2H])CN(C)C)c([2H])n([2H])c2c1[2H]. The average molecular weight is 305 g/mol. The lowest BCUT2D eigenvalue weighted by Crippen LogP contribution is -2.20. The van der Waals surface area contributed by atoms with Crippen molar-refractivity contribution in [2.24, 2.45) is 0 Å². The van der Waals surface area contributed by atoms with Crippen LogP contribution in [0, 0.1) is 0 Å². The third-order valence-corrected chi connectivity index (χ3v) is 3.31. The Morgan fingerprint density at radius 3 is 2.95 bits per heavy atom. The zero-order valence-corrected chi connectivity index (χ0v) is 12.1. The molecule has 5 nitrogen and oxygen atoms in total. The number of sulfonamides is 1. The van der Waals surface area contributed by atoms with E-state index in [1.165, 1.54) is 4.90 Å². The molecule has 0 atom stereocenters. The van der Waals surface area contributed by atoms with Crippen LogP contribution in [0.2, 0.25) is 2.82 Å². The summed E-state index contributed by atoms with van der Waals surface area (Å²) in [5, 5.41) is -0.482. The largest absolute Gasteiger partial charge is 0.361 e. The van der Waals surface area contributed by atoms with Crippen LogP contribution in [0.15, 0.2) is 24.3 Å². The van der Waals surface area contributed by atoms with E-state index in [0.717, 1.165) is 7.05 Å². The number of aromatic nitrogens is 1. The first-order valence-electron chi connectivity index (χ1n) is 10.6. The molecule has 0 saturated carbocycles. The van der Waals surface area contributed by atoms with Gasteiger partial charge in [0.2, 0.25) is 10.0 Å². The Balaban J connectivity index is 3.10. The van der Waals surface area contributed by atoms with Gasteiger partial charge in [-0.2, -0.15) is 0 Å². The van der Waals surface area contributed by atoms with Crippen molar-refractivity contribution in [3.63, 3.8) is 0 Å². The van der Waals surface area contributed by atoms with Crippen molar-refractivity contribution in [1.29, 1.82) is 0 Å². The quantitative estimate of drug-likeness (QED) is 0.846. The van der Waals surface area contributed by atoms with Crippen LogP contribution in [-0.4, -0.2) is 46.0 Å². The van der Waals surface area contributed by atoms with Gasteiger partial charge >= 0.3 is 0 Å². The molecular weight excluding hydrogens is 274 g/mol. The number of rotatable bonds is 6. The molecule has 0 fully saturated rings. The summed E-state index contributed by atoms with van der Waals surface area (Å²) in [6, 6.07) is -2.73. The fourth-order valence-electron chi connectivity index (χ4n) is 1.42. The fourth-order valence-corrected chi connectivity index (χ4v) is 1.87. The maximum absolute atomic E-state index is 12.4. The highest BCUT2D eigenvalue weighted by Gasteiger charge is 2.11. The van der Waals surface area contributed by atoms with Gasteiger partial charge in [-0.1, -0.05) is 6.04 Å². The van der Waals surface area contributed by atoms with Gasteiger partial charge < -0.3 is 9.88 Å². The minimum Gasteiger partial charge on any atom is -0.361 e. The van der Waals surface area contributed by atoms with Gasteiger partial charge in [0.25, 0.3) is 0 Å². The van der Waals surface area contributed by atoms with Crippen molar-refractivity contribution in [1.82, 2.24) is 14.6 Å². The van der Waals surface area contributed by atoms with Crippen LogP contribution >= 0.6 is 0 Å². The Morgan fingerprint density at radius 2 is 2.30 bits per heavy atom. The second-order valence-corrected chi connectivity index (χ2v) is 5.77. The molecule has 0 spiro atoms. The minimum absolute atomic E-state index is 0.155. The standard InChI is InChI=1S/C14H21N3O2S/c1-15-20(18,19)10-11-4-5-14-13(8-11)12(9-16-14)6-7-17(2)3/h4-5,8-9,15-16H,6-7,10H2,1-3H3/i4D,5D,6D2,8D,9D,10D2/hD2. The van der Waals surface area contributed by atoms with E-state index in [4.69, 9.17) is 13.8 Å². The van der Waals surface area contributed by atoms with Crippen molar-refractivity contribution >= 4 is 20.9 Å². The van der Waals surface area contributed by atoms with Crippen LogP contribution < -0.4 is 4.72 Å². The molecule has 0 aliphatic heterocycles. The van der Waals surface area contributed by atoms with Gasteiger partial charge in [-0.05, 0) is 50.7 Å². The van der Waals surface area contributed by atoms with Gasteiger partial charge in [0.1, 0.15) is 1.41 Å². The van der Waals surface area contributed by atoms with Gasteiger partial charge in [-0.25, -0.2) is 13.1 Å². The molecule has 0 amide bonds. The van der Waals surface area contributed by atoms with E-state index in [9.17, 15) is 8.42 Å². The van der Waals surface area contributed by atoms with E-state index >= 15 is 0 Å². The molecule has 0 saturated heterocycles. The fraction of sp³-hybridized carbons (Fsp3) is 0.429. The van der Waals surface area contributed by atoms with Crippen LogP contribution in [0.4, 0.5) is 0 Å². The number of hydrogen-bond acceptors (Lipinski definition) is 3. The second kappa shape index (κ2) is 5.95. The van der Waals surface area contributed by atoms with Crippen molar-refractivity contribution in [3.05, 3.63) is 35.4 Å². The lowest BCUT2D eigenvalue weighted by Gasteiger charge is -2.08. The maximum Gasteiger partial charge on any atom is 0.215 e. The zero-order valence-electron chi connectivity index (χ0n) is 21.3. The predicted molar refractivity (Wildman–Crippen MR) is 82.2 cm³/mol. The third-order valence-electron chi connectivity index (χ3n) is 2.37. The molecule has 2 rings (SSSR count). The highest BCUT2D eigenvalue weighted by atomic mass is 32.2. The normalized spacial score (nSPS) is 21.2. The van der Waals surface area contributed by atoms with Crippen LogP contribution in [-0.2, 0) is 22.1 Å². The molecule has 2 N–H and O–H groups in total. The molecule has 1 aromatic heterocycles. The summed E-state index contributed by atoms with van der Waals surface area (Å²) >= 11 is 0. The molecular formula is C14H21N3O2S. The van der Waals surface area contributed by atoms with Gasteiger partial charge in [0.05, 0.1) is 11.2 Å². The second-order valence-electron chi connectivity index (χ2n) is 4.25. The summed E-state index contributed by atoms with van der Waals surface area (Å²) in [5.41, 5.74) is -5.46. The minimum atomic E-state index is -5.02. The first-order valence-corrected chi connectivity index (χ1v) is 7.12. The van der Waals surface area contributed by atoms with E-state index in [-0.39, 0.29) is 11.3 Å². The van der Waals surface area contributed by atoms with Gasteiger partial charge in [-0.3, -0.25) is 0 Å². The van der Waals surface area contributed by atoms with Crippen molar-refractivity contribution in [2.45, 2.75) is 12.1 Å². The van der Waals surface area contributed by atoms with Gasteiger partial charge in [0, 0.05) is 29.1 Å². The van der Waals surface area contributed by atoms with E-state index < -0.39 is 68.4 Å². The number of benzene rings is 1. The Bertz CT molecular complexity index is 1110. The lowest BCUT2D eigenvalue weighted by atomic mass is 10.1. The zero-order chi connectivity index (χ0) is 23.6. The third kappa shape index (κ3) is 3.59. The maximum atomic E-state index is 12.4. The van der Waals surface area contributed by atoms with Crippen LogP contribution in [0.25, 0.3) is 10.9 Å². The molecule has 1 aromatic carbocycles. The number of hydrogen-bond donors (Lipinski definition) is 2. The van der Waals surface area contributed by atoms with E-state index in [0.29, 0.717) is 4.98 Å². The molecule has 0 aliphatic carbocycles. The van der Waals surface area contributed by atoms with Crippen molar-refractivity contribution < 1.29 is 22.2 Å². The molecule has 0 radical (unpaired) electrons. The van der Waals surface area contributed by atoms with Crippen molar-refractivity contribution in [2.75, 3.05) is 27.7 Å². The molecule has 1 heterocycles. The first-order chi connectivity index (χ1) is 13.4. The molecule has 110 valence electrons. The Kier molecular flexibility index (Phi) is 1.96. The number of nitrogens with one attached hydrogen (secondary N) is 2.